The lowest BCUT2D eigenvalue weighted by molar-refractivity contribution is 0.213. The van der Waals surface area contributed by atoms with Crippen LogP contribution in [0.25, 0.3) is 0 Å². The summed E-state index contributed by atoms with van der Waals surface area (Å²) in [5.41, 5.74) is 4.78. The number of aromatic nitrogens is 1. The number of allylic oxidation sites excluding steroid dienone is 1. The fourth-order valence-corrected chi connectivity index (χ4v) is 2.69. The van der Waals surface area contributed by atoms with Gasteiger partial charge in [0.15, 0.2) is 0 Å². The van der Waals surface area contributed by atoms with E-state index in [1.54, 1.807) is 12.4 Å². The number of ether oxygens (including phenoxy) is 2. The van der Waals surface area contributed by atoms with Crippen molar-refractivity contribution in [2.45, 2.75) is 34.3 Å². The molecule has 0 bridgehead atoms. The van der Waals surface area contributed by atoms with E-state index in [0.29, 0.717) is 13.2 Å². The molecular weight excluding hydrogens is 328 g/mol. The summed E-state index contributed by atoms with van der Waals surface area (Å²) in [6.07, 6.45) is 7.48. The number of pyridine rings is 1. The van der Waals surface area contributed by atoms with Crippen molar-refractivity contribution in [2.24, 2.45) is 5.16 Å². The van der Waals surface area contributed by atoms with Gasteiger partial charge < -0.3 is 14.3 Å². The lowest BCUT2D eigenvalue weighted by Gasteiger charge is -2.15. The van der Waals surface area contributed by atoms with Crippen LogP contribution in [0.3, 0.4) is 0 Å². The van der Waals surface area contributed by atoms with Gasteiger partial charge in [0.1, 0.15) is 31.8 Å². The summed E-state index contributed by atoms with van der Waals surface area (Å²) in [5.74, 6) is 1.70. The molecule has 0 atom stereocenters. The van der Waals surface area contributed by atoms with Gasteiger partial charge in [-0.2, -0.15) is 0 Å². The molecule has 1 aromatic carbocycles. The van der Waals surface area contributed by atoms with Crippen LogP contribution in [0.4, 0.5) is 0 Å². The van der Waals surface area contributed by atoms with Gasteiger partial charge in [-0.1, -0.05) is 17.3 Å². The van der Waals surface area contributed by atoms with Crippen LogP contribution in [0.15, 0.2) is 47.9 Å². The number of oxime groups is 1. The lowest BCUT2D eigenvalue weighted by atomic mass is 10.1. The van der Waals surface area contributed by atoms with E-state index in [9.17, 15) is 0 Å². The molecule has 0 saturated carbocycles. The van der Waals surface area contributed by atoms with Gasteiger partial charge in [-0.3, -0.25) is 4.98 Å². The highest BCUT2D eigenvalue weighted by atomic mass is 16.6. The zero-order valence-corrected chi connectivity index (χ0v) is 16.1. The maximum absolute atomic E-state index is 6.10. The third-order valence-electron chi connectivity index (χ3n) is 3.91. The molecule has 0 aliphatic rings. The minimum atomic E-state index is 0.403. The summed E-state index contributed by atoms with van der Waals surface area (Å²) in [7, 11) is 1.54. The van der Waals surface area contributed by atoms with Gasteiger partial charge in [0.25, 0.3) is 0 Å². The van der Waals surface area contributed by atoms with Crippen molar-refractivity contribution in [3.8, 4) is 11.5 Å². The second kappa shape index (κ2) is 9.61. The first-order chi connectivity index (χ1) is 12.6. The molecular formula is C21H26N2O3. The second-order valence-electron chi connectivity index (χ2n) is 5.95. The summed E-state index contributed by atoms with van der Waals surface area (Å²) in [4.78, 5) is 9.07. The van der Waals surface area contributed by atoms with Crippen LogP contribution in [0, 0.1) is 13.8 Å². The summed E-state index contributed by atoms with van der Waals surface area (Å²) >= 11 is 0. The van der Waals surface area contributed by atoms with E-state index >= 15 is 0 Å². The lowest BCUT2D eigenvalue weighted by Crippen LogP contribution is -2.07. The maximum Gasteiger partial charge on any atom is 0.125 e. The molecule has 138 valence electrons. The van der Waals surface area contributed by atoms with Gasteiger partial charge in [-0.25, -0.2) is 0 Å². The summed E-state index contributed by atoms with van der Waals surface area (Å²) in [6.45, 7) is 8.88. The van der Waals surface area contributed by atoms with E-state index in [4.69, 9.17) is 14.3 Å². The number of rotatable bonds is 8. The number of hydrogen-bond acceptors (Lipinski definition) is 5. The van der Waals surface area contributed by atoms with Crippen molar-refractivity contribution < 1.29 is 14.3 Å². The fourth-order valence-electron chi connectivity index (χ4n) is 2.69. The molecule has 0 saturated heterocycles. The Hall–Kier alpha value is -2.82. The molecule has 0 unspecified atom stereocenters. The van der Waals surface area contributed by atoms with Crippen LogP contribution in [-0.2, 0) is 11.4 Å². The van der Waals surface area contributed by atoms with Gasteiger partial charge in [0, 0.05) is 23.5 Å². The Morgan fingerprint density at radius 1 is 1.19 bits per heavy atom. The quantitative estimate of drug-likeness (QED) is 0.395. The van der Waals surface area contributed by atoms with E-state index in [1.807, 2.05) is 58.0 Å². The SMILES string of the molecule is C/C=C/COc1cc(C)c(OCc2cnccc2C(C)=NOC)c(C)c1. The average molecular weight is 354 g/mol. The van der Waals surface area contributed by atoms with E-state index < -0.39 is 0 Å². The Balaban J connectivity index is 2.16. The van der Waals surface area contributed by atoms with Crippen molar-refractivity contribution in [3.63, 3.8) is 0 Å². The Morgan fingerprint density at radius 3 is 2.58 bits per heavy atom. The van der Waals surface area contributed by atoms with Crippen LogP contribution < -0.4 is 9.47 Å². The number of benzene rings is 1. The van der Waals surface area contributed by atoms with E-state index in [0.717, 1.165) is 39.5 Å². The molecule has 0 spiro atoms. The third kappa shape index (κ3) is 5.09. The normalized spacial score (nSPS) is 11.7. The molecule has 1 aromatic heterocycles. The largest absolute Gasteiger partial charge is 0.490 e. The van der Waals surface area contributed by atoms with Crippen molar-refractivity contribution in [1.29, 1.82) is 0 Å². The van der Waals surface area contributed by atoms with Crippen molar-refractivity contribution in [2.75, 3.05) is 13.7 Å². The van der Waals surface area contributed by atoms with Crippen LogP contribution in [0.5, 0.6) is 11.5 Å². The fraction of sp³-hybridized carbons (Fsp3) is 0.333. The van der Waals surface area contributed by atoms with Gasteiger partial charge in [-0.15, -0.1) is 0 Å². The van der Waals surface area contributed by atoms with Crippen molar-refractivity contribution in [3.05, 3.63) is 65.0 Å². The Kier molecular flexibility index (Phi) is 7.21. The first kappa shape index (κ1) is 19.5. The maximum atomic E-state index is 6.10. The Labute approximate surface area is 155 Å². The first-order valence-electron chi connectivity index (χ1n) is 8.55. The highest BCUT2D eigenvalue weighted by Gasteiger charge is 2.11. The molecule has 5 heteroatoms. The molecule has 26 heavy (non-hydrogen) atoms. The van der Waals surface area contributed by atoms with Gasteiger partial charge in [0.2, 0.25) is 0 Å². The third-order valence-corrected chi connectivity index (χ3v) is 3.91. The smallest absolute Gasteiger partial charge is 0.125 e. The average Bonchev–Trinajstić information content (AvgIpc) is 2.62. The minimum absolute atomic E-state index is 0.403. The van der Waals surface area contributed by atoms with Crippen LogP contribution in [0.1, 0.15) is 36.1 Å². The summed E-state index contributed by atoms with van der Waals surface area (Å²) < 4.78 is 11.8. The number of hydrogen-bond donors (Lipinski definition) is 0. The molecule has 0 fully saturated rings. The first-order valence-corrected chi connectivity index (χ1v) is 8.55. The topological polar surface area (TPSA) is 52.9 Å². The molecule has 0 radical (unpaired) electrons. The molecule has 2 rings (SSSR count). The van der Waals surface area contributed by atoms with E-state index in [1.165, 1.54) is 7.11 Å². The highest BCUT2D eigenvalue weighted by Crippen LogP contribution is 2.29. The predicted molar refractivity (Wildman–Crippen MR) is 104 cm³/mol. The minimum Gasteiger partial charge on any atom is -0.490 e. The molecule has 0 aliphatic carbocycles. The van der Waals surface area contributed by atoms with Crippen LogP contribution in [-0.4, -0.2) is 24.4 Å². The second-order valence-corrected chi connectivity index (χ2v) is 5.95. The molecule has 0 aliphatic heterocycles. The number of nitrogens with zero attached hydrogens (tertiary/aromatic N) is 2. The van der Waals surface area contributed by atoms with Gasteiger partial charge in [0.05, 0.1) is 5.71 Å². The van der Waals surface area contributed by atoms with E-state index in [2.05, 4.69) is 10.1 Å². The van der Waals surface area contributed by atoms with Crippen molar-refractivity contribution in [1.82, 2.24) is 4.98 Å². The van der Waals surface area contributed by atoms with Gasteiger partial charge in [-0.05, 0) is 57.0 Å². The molecule has 2 aromatic rings. The zero-order chi connectivity index (χ0) is 18.9. The zero-order valence-electron chi connectivity index (χ0n) is 16.1. The monoisotopic (exact) mass is 354 g/mol. The Bertz CT molecular complexity index is 775. The summed E-state index contributed by atoms with van der Waals surface area (Å²) in [6, 6.07) is 5.90. The summed E-state index contributed by atoms with van der Waals surface area (Å²) in [5, 5.41) is 4.00. The Morgan fingerprint density at radius 2 is 1.92 bits per heavy atom. The molecule has 1 heterocycles. The standard InChI is InChI=1S/C21H26N2O3/c1-6-7-10-25-19-11-15(2)21(16(3)12-19)26-14-18-13-22-9-8-20(18)17(4)23-24-5/h6-9,11-13H,10,14H2,1-5H3/b7-6+,23-17?. The number of aryl methyl sites for hydroxylation is 2. The van der Waals surface area contributed by atoms with Crippen LogP contribution in [0.2, 0.25) is 0 Å². The highest BCUT2D eigenvalue weighted by molar-refractivity contribution is 5.99. The van der Waals surface area contributed by atoms with E-state index in [-0.39, 0.29) is 0 Å². The van der Waals surface area contributed by atoms with Crippen molar-refractivity contribution >= 4 is 5.71 Å². The molecule has 0 N–H and O–H groups in total. The van der Waals surface area contributed by atoms with Gasteiger partial charge >= 0.3 is 0 Å². The molecule has 5 nitrogen and oxygen atoms in total. The predicted octanol–water partition coefficient (Wildman–Crippen LogP) is 4.60. The molecule has 0 amide bonds. The van der Waals surface area contributed by atoms with Crippen LogP contribution >= 0.6 is 0 Å².